The van der Waals surface area contributed by atoms with Gasteiger partial charge in [0, 0.05) is 37.6 Å². The maximum absolute atomic E-state index is 13.3. The number of amides is 2. The zero-order valence-corrected chi connectivity index (χ0v) is 20.5. The Morgan fingerprint density at radius 2 is 1.71 bits per heavy atom. The second kappa shape index (κ2) is 9.90. The number of nitrogens with zero attached hydrogens (tertiary/aromatic N) is 3. The van der Waals surface area contributed by atoms with Crippen molar-refractivity contribution in [1.29, 1.82) is 0 Å². The van der Waals surface area contributed by atoms with Crippen LogP contribution in [0.3, 0.4) is 0 Å². The van der Waals surface area contributed by atoms with Crippen LogP contribution in [0.5, 0.6) is 0 Å². The van der Waals surface area contributed by atoms with Gasteiger partial charge in [0.2, 0.25) is 5.91 Å². The number of hydrogen-bond acceptors (Lipinski definition) is 4. The maximum atomic E-state index is 13.3. The van der Waals surface area contributed by atoms with Gasteiger partial charge in [0.25, 0.3) is 5.91 Å². The number of aryl methyl sites for hydroxylation is 1. The van der Waals surface area contributed by atoms with Crippen LogP contribution in [0, 0.1) is 12.8 Å². The van der Waals surface area contributed by atoms with Crippen LogP contribution in [0.2, 0.25) is 0 Å². The van der Waals surface area contributed by atoms with Gasteiger partial charge >= 0.3 is 0 Å². The topological polar surface area (TPSA) is 65.5 Å². The normalized spacial score (nSPS) is 15.7. The van der Waals surface area contributed by atoms with Crippen molar-refractivity contribution in [2.45, 2.75) is 46.2 Å². The Balaban J connectivity index is 1.28. The number of carbonyl (C=O) groups is 2. The summed E-state index contributed by atoms with van der Waals surface area (Å²) in [7, 11) is 0. The summed E-state index contributed by atoms with van der Waals surface area (Å²) >= 11 is 0. The largest absolute Gasteiger partial charge is 0.356 e. The Labute approximate surface area is 207 Å². The number of carbonyl (C=O) groups excluding carboxylic acids is 2. The Hall–Kier alpha value is -3.67. The number of hydrogen-bond donors (Lipinski definition) is 1. The minimum absolute atomic E-state index is 0.115. The molecule has 0 spiro atoms. The molecule has 0 unspecified atom stereocenters. The highest BCUT2D eigenvalue weighted by atomic mass is 16.2. The van der Waals surface area contributed by atoms with E-state index in [1.165, 1.54) is 0 Å². The summed E-state index contributed by atoms with van der Waals surface area (Å²) in [6.07, 6.45) is 2.62. The lowest BCUT2D eigenvalue weighted by atomic mass is 9.99. The Bertz CT molecular complexity index is 1230. The van der Waals surface area contributed by atoms with E-state index < -0.39 is 0 Å². The molecule has 6 heteroatoms. The molecule has 2 aliphatic rings. The molecule has 2 aromatic carbocycles. The number of benzene rings is 2. The third kappa shape index (κ3) is 5.21. The van der Waals surface area contributed by atoms with Gasteiger partial charge in [-0.05, 0) is 66.6 Å². The molecule has 6 nitrogen and oxygen atoms in total. The second-order valence-electron chi connectivity index (χ2n) is 9.84. The van der Waals surface area contributed by atoms with E-state index in [0.29, 0.717) is 31.0 Å². The fourth-order valence-electron chi connectivity index (χ4n) is 4.91. The minimum atomic E-state index is -0.152. The molecular weight excluding hydrogens is 436 g/mol. The van der Waals surface area contributed by atoms with Gasteiger partial charge in [-0.15, -0.1) is 0 Å². The Kier molecular flexibility index (Phi) is 6.53. The molecule has 0 bridgehead atoms. The SMILES string of the molecule is Cc1ccc(C(=O)Nc2ccc3c(c2)CN(C(=O)Cc2ccccc2)C3)c(N2CCC(C)CC2)n1. The van der Waals surface area contributed by atoms with E-state index in [1.807, 2.05) is 72.5 Å². The maximum Gasteiger partial charge on any atom is 0.259 e. The average Bonchev–Trinajstić information content (AvgIpc) is 3.29. The molecule has 35 heavy (non-hydrogen) atoms. The molecule has 180 valence electrons. The van der Waals surface area contributed by atoms with Gasteiger partial charge in [-0.1, -0.05) is 43.3 Å². The highest BCUT2D eigenvalue weighted by Gasteiger charge is 2.25. The summed E-state index contributed by atoms with van der Waals surface area (Å²) in [6, 6.07) is 19.5. The molecule has 1 N–H and O–H groups in total. The van der Waals surface area contributed by atoms with Gasteiger partial charge < -0.3 is 15.1 Å². The van der Waals surface area contributed by atoms with E-state index in [-0.39, 0.29) is 11.8 Å². The molecule has 1 aromatic heterocycles. The van der Waals surface area contributed by atoms with Crippen LogP contribution < -0.4 is 10.2 Å². The van der Waals surface area contributed by atoms with Crippen molar-refractivity contribution < 1.29 is 9.59 Å². The number of pyridine rings is 1. The van der Waals surface area contributed by atoms with E-state index in [4.69, 9.17) is 4.98 Å². The molecule has 2 amide bonds. The van der Waals surface area contributed by atoms with Crippen LogP contribution in [0.25, 0.3) is 0 Å². The summed E-state index contributed by atoms with van der Waals surface area (Å²) < 4.78 is 0. The van der Waals surface area contributed by atoms with Gasteiger partial charge in [0.1, 0.15) is 5.82 Å². The molecule has 0 atom stereocenters. The summed E-state index contributed by atoms with van der Waals surface area (Å²) in [4.78, 5) is 34.9. The number of fused-ring (bicyclic) bond motifs is 1. The predicted octanol–water partition coefficient (Wildman–Crippen LogP) is 4.96. The van der Waals surface area contributed by atoms with Crippen molar-refractivity contribution in [3.8, 4) is 0 Å². The molecule has 1 fully saturated rings. The zero-order chi connectivity index (χ0) is 24.4. The summed E-state index contributed by atoms with van der Waals surface area (Å²) in [6.45, 7) is 7.25. The predicted molar refractivity (Wildman–Crippen MR) is 138 cm³/mol. The fraction of sp³-hybridized carbons (Fsp3) is 0.345. The molecule has 0 saturated carbocycles. The van der Waals surface area contributed by atoms with Crippen LogP contribution in [0.1, 0.15) is 52.5 Å². The van der Waals surface area contributed by atoms with Crippen molar-refractivity contribution in [1.82, 2.24) is 9.88 Å². The fourth-order valence-corrected chi connectivity index (χ4v) is 4.91. The summed E-state index contributed by atoms with van der Waals surface area (Å²) in [5.41, 5.74) is 5.48. The van der Waals surface area contributed by atoms with E-state index in [1.54, 1.807) is 0 Å². The van der Waals surface area contributed by atoms with Crippen LogP contribution in [0.4, 0.5) is 11.5 Å². The van der Waals surface area contributed by atoms with E-state index in [0.717, 1.165) is 59.8 Å². The molecule has 2 aliphatic heterocycles. The highest BCUT2D eigenvalue weighted by molar-refractivity contribution is 6.07. The third-order valence-electron chi connectivity index (χ3n) is 7.08. The first kappa shape index (κ1) is 23.1. The first-order valence-electron chi connectivity index (χ1n) is 12.4. The summed E-state index contributed by atoms with van der Waals surface area (Å²) in [5.74, 6) is 1.44. The van der Waals surface area contributed by atoms with Crippen LogP contribution in [0.15, 0.2) is 60.7 Å². The van der Waals surface area contributed by atoms with Gasteiger partial charge in [-0.3, -0.25) is 9.59 Å². The lowest BCUT2D eigenvalue weighted by Gasteiger charge is -2.32. The van der Waals surface area contributed by atoms with Crippen molar-refractivity contribution in [2.24, 2.45) is 5.92 Å². The quantitative estimate of drug-likeness (QED) is 0.575. The smallest absolute Gasteiger partial charge is 0.259 e. The monoisotopic (exact) mass is 468 g/mol. The van der Waals surface area contributed by atoms with Gasteiger partial charge in [0.15, 0.2) is 0 Å². The van der Waals surface area contributed by atoms with Crippen molar-refractivity contribution in [3.63, 3.8) is 0 Å². The highest BCUT2D eigenvalue weighted by Crippen LogP contribution is 2.28. The third-order valence-corrected chi connectivity index (χ3v) is 7.08. The van der Waals surface area contributed by atoms with Crippen molar-refractivity contribution in [2.75, 3.05) is 23.3 Å². The molecular formula is C29H32N4O2. The lowest BCUT2D eigenvalue weighted by Crippen LogP contribution is -2.35. The van der Waals surface area contributed by atoms with Gasteiger partial charge in [0.05, 0.1) is 12.0 Å². The second-order valence-corrected chi connectivity index (χ2v) is 9.84. The van der Waals surface area contributed by atoms with E-state index in [2.05, 4.69) is 17.1 Å². The molecule has 0 aliphatic carbocycles. The average molecular weight is 469 g/mol. The molecule has 1 saturated heterocycles. The number of rotatable bonds is 5. The van der Waals surface area contributed by atoms with Crippen LogP contribution in [-0.4, -0.2) is 34.8 Å². The summed E-state index contributed by atoms with van der Waals surface area (Å²) in [5, 5.41) is 3.07. The number of nitrogens with one attached hydrogen (secondary N) is 1. The lowest BCUT2D eigenvalue weighted by molar-refractivity contribution is -0.131. The zero-order valence-electron chi connectivity index (χ0n) is 20.5. The van der Waals surface area contributed by atoms with Gasteiger partial charge in [-0.2, -0.15) is 0 Å². The minimum Gasteiger partial charge on any atom is -0.356 e. The first-order valence-corrected chi connectivity index (χ1v) is 12.4. The Morgan fingerprint density at radius 3 is 2.49 bits per heavy atom. The van der Waals surface area contributed by atoms with Crippen molar-refractivity contribution in [3.05, 3.63) is 88.6 Å². The standard InChI is InChI=1S/C29H32N4O2/c1-20-12-14-32(15-13-20)28-26(11-8-21(2)30-28)29(35)31-25-10-9-23-18-33(19-24(23)17-25)27(34)16-22-6-4-3-5-7-22/h3-11,17,20H,12-16,18-19H2,1-2H3,(H,31,35). The van der Waals surface area contributed by atoms with Crippen LogP contribution in [-0.2, 0) is 24.3 Å². The number of anilines is 2. The van der Waals surface area contributed by atoms with Gasteiger partial charge in [-0.25, -0.2) is 4.98 Å². The first-order chi connectivity index (χ1) is 17.0. The van der Waals surface area contributed by atoms with Crippen molar-refractivity contribution >= 4 is 23.3 Å². The van der Waals surface area contributed by atoms with Crippen LogP contribution >= 0.6 is 0 Å². The molecule has 3 heterocycles. The Morgan fingerprint density at radius 1 is 0.971 bits per heavy atom. The van der Waals surface area contributed by atoms with E-state index >= 15 is 0 Å². The number of aromatic nitrogens is 1. The molecule has 0 radical (unpaired) electrons. The number of piperidine rings is 1. The van der Waals surface area contributed by atoms with E-state index in [9.17, 15) is 9.59 Å². The molecule has 5 rings (SSSR count). The molecule has 3 aromatic rings.